The van der Waals surface area contributed by atoms with Gasteiger partial charge in [-0.05, 0) is 68.5 Å². The Morgan fingerprint density at radius 2 is 1.60 bits per heavy atom. The quantitative estimate of drug-likeness (QED) is 0.545. The number of aryl methyl sites for hydroxylation is 3. The molecule has 0 aliphatic heterocycles. The van der Waals surface area contributed by atoms with Gasteiger partial charge in [0.25, 0.3) is 0 Å². The lowest BCUT2D eigenvalue weighted by atomic mass is 10.1. The zero-order valence-corrected chi connectivity index (χ0v) is 15.7. The van der Waals surface area contributed by atoms with E-state index in [0.717, 1.165) is 41.4 Å². The Balaban J connectivity index is 1.58. The number of allylic oxidation sites excluding steroid dienone is 2. The molecule has 0 bridgehead atoms. The predicted molar refractivity (Wildman–Crippen MR) is 108 cm³/mol. The first-order valence-electron chi connectivity index (χ1n) is 8.71. The van der Waals surface area contributed by atoms with Crippen molar-refractivity contribution in [2.75, 3.05) is 0 Å². The number of hydrogen-bond acceptors (Lipinski definition) is 4. The Kier molecular flexibility index (Phi) is 3.68. The van der Waals surface area contributed by atoms with Crippen molar-refractivity contribution >= 4 is 34.8 Å². The van der Waals surface area contributed by atoms with Crippen molar-refractivity contribution in [2.24, 2.45) is 0 Å². The van der Waals surface area contributed by atoms with E-state index in [0.29, 0.717) is 0 Å². The number of thiazole rings is 2. The second-order valence-corrected chi connectivity index (χ2v) is 8.74. The van der Waals surface area contributed by atoms with E-state index in [4.69, 9.17) is 9.97 Å². The molecule has 0 N–H and O–H groups in total. The van der Waals surface area contributed by atoms with Gasteiger partial charge in [-0.25, -0.2) is 9.97 Å². The molecule has 4 heteroatoms. The Bertz CT molecular complexity index is 942. The van der Waals surface area contributed by atoms with Crippen LogP contribution in [0.15, 0.2) is 30.4 Å². The molecule has 2 aromatic heterocycles. The number of aromatic nitrogens is 2. The van der Waals surface area contributed by atoms with E-state index in [1.54, 1.807) is 11.3 Å². The SMILES string of the molecule is Cc1cc(-c2nc3c(s2)C=CCC3)cc(-c2nc3c(s2)CCC=C3)c1. The number of hydrogen-bond donors (Lipinski definition) is 0. The van der Waals surface area contributed by atoms with Crippen LogP contribution in [-0.4, -0.2) is 9.97 Å². The molecule has 0 saturated carbocycles. The number of nitrogens with zero attached hydrogens (tertiary/aromatic N) is 2. The molecule has 0 spiro atoms. The lowest BCUT2D eigenvalue weighted by Gasteiger charge is -2.03. The Morgan fingerprint density at radius 1 is 0.840 bits per heavy atom. The molecule has 0 amide bonds. The van der Waals surface area contributed by atoms with Crippen molar-refractivity contribution in [1.82, 2.24) is 9.97 Å². The molecular formula is C21H18N2S2. The summed E-state index contributed by atoms with van der Waals surface area (Å²) in [4.78, 5) is 12.5. The van der Waals surface area contributed by atoms with Crippen molar-refractivity contribution in [3.63, 3.8) is 0 Å². The first kappa shape index (κ1) is 15.2. The van der Waals surface area contributed by atoms with Gasteiger partial charge in [0, 0.05) is 16.0 Å². The normalized spacial score (nSPS) is 15.2. The predicted octanol–water partition coefficient (Wildman–Crippen LogP) is 6.16. The molecule has 0 radical (unpaired) electrons. The Labute approximate surface area is 155 Å². The molecule has 2 heterocycles. The minimum Gasteiger partial charge on any atom is -0.240 e. The molecule has 124 valence electrons. The standard InChI is InChI=1S/C21H18N2S2/c1-13-10-14(20-22-16-6-2-4-8-18(16)24-20)12-15(11-13)21-23-17-7-3-5-9-19(17)25-21/h2,5-6,9-12H,3-4,7-8H2,1H3. The van der Waals surface area contributed by atoms with Crippen LogP contribution in [0.5, 0.6) is 0 Å². The summed E-state index contributed by atoms with van der Waals surface area (Å²) in [7, 11) is 0. The molecule has 2 nitrogen and oxygen atoms in total. The van der Waals surface area contributed by atoms with Crippen LogP contribution in [0.3, 0.4) is 0 Å². The van der Waals surface area contributed by atoms with Gasteiger partial charge in [0.2, 0.25) is 0 Å². The summed E-state index contributed by atoms with van der Waals surface area (Å²) in [5, 5.41) is 2.26. The molecule has 0 fully saturated rings. The van der Waals surface area contributed by atoms with Gasteiger partial charge >= 0.3 is 0 Å². The van der Waals surface area contributed by atoms with Gasteiger partial charge in [0.05, 0.1) is 16.3 Å². The van der Waals surface area contributed by atoms with Gasteiger partial charge < -0.3 is 0 Å². The second-order valence-electron chi connectivity index (χ2n) is 6.63. The zero-order valence-electron chi connectivity index (χ0n) is 14.1. The number of rotatable bonds is 2. The summed E-state index contributed by atoms with van der Waals surface area (Å²) in [6, 6.07) is 6.74. The van der Waals surface area contributed by atoms with Crippen molar-refractivity contribution in [2.45, 2.75) is 32.6 Å². The number of fused-ring (bicyclic) bond motifs is 2. The monoisotopic (exact) mass is 362 g/mol. The van der Waals surface area contributed by atoms with E-state index in [-0.39, 0.29) is 0 Å². The molecule has 2 aliphatic rings. The third kappa shape index (κ3) is 2.79. The smallest absolute Gasteiger partial charge is 0.124 e. The maximum atomic E-state index is 4.90. The fourth-order valence-electron chi connectivity index (χ4n) is 3.44. The van der Waals surface area contributed by atoms with Crippen LogP contribution in [0.1, 0.15) is 39.5 Å². The third-order valence-corrected chi connectivity index (χ3v) is 6.95. The maximum Gasteiger partial charge on any atom is 0.124 e. The molecule has 0 unspecified atom stereocenters. The Morgan fingerprint density at radius 3 is 2.40 bits per heavy atom. The van der Waals surface area contributed by atoms with E-state index in [1.807, 2.05) is 11.3 Å². The largest absolute Gasteiger partial charge is 0.240 e. The van der Waals surface area contributed by atoms with Crippen LogP contribution in [0, 0.1) is 6.92 Å². The fraction of sp³-hybridized carbons (Fsp3) is 0.238. The van der Waals surface area contributed by atoms with Crippen LogP contribution in [0.2, 0.25) is 0 Å². The molecule has 0 saturated heterocycles. The Hall–Kier alpha value is -2.04. The van der Waals surface area contributed by atoms with Crippen molar-refractivity contribution in [3.05, 3.63) is 57.1 Å². The van der Waals surface area contributed by atoms with E-state index in [9.17, 15) is 0 Å². The fourth-order valence-corrected chi connectivity index (χ4v) is 5.52. The molecule has 1 aromatic carbocycles. The van der Waals surface area contributed by atoms with Gasteiger partial charge in [0.1, 0.15) is 10.0 Å². The van der Waals surface area contributed by atoms with Crippen molar-refractivity contribution in [3.8, 4) is 21.1 Å². The topological polar surface area (TPSA) is 25.8 Å². The highest BCUT2D eigenvalue weighted by molar-refractivity contribution is 7.16. The van der Waals surface area contributed by atoms with Crippen molar-refractivity contribution < 1.29 is 0 Å². The summed E-state index contributed by atoms with van der Waals surface area (Å²) < 4.78 is 0. The van der Waals surface area contributed by atoms with E-state index < -0.39 is 0 Å². The first-order chi connectivity index (χ1) is 12.3. The van der Waals surface area contributed by atoms with Crippen LogP contribution in [0.4, 0.5) is 0 Å². The molecule has 2 aliphatic carbocycles. The van der Waals surface area contributed by atoms with Gasteiger partial charge in [-0.3, -0.25) is 0 Å². The lowest BCUT2D eigenvalue weighted by Crippen LogP contribution is -1.90. The zero-order chi connectivity index (χ0) is 16.8. The highest BCUT2D eigenvalue weighted by Gasteiger charge is 2.16. The van der Waals surface area contributed by atoms with E-state index in [1.165, 1.54) is 32.1 Å². The molecule has 25 heavy (non-hydrogen) atoms. The highest BCUT2D eigenvalue weighted by Crippen LogP contribution is 2.37. The first-order valence-corrected chi connectivity index (χ1v) is 10.3. The summed E-state index contributed by atoms with van der Waals surface area (Å²) in [5.41, 5.74) is 6.10. The molecule has 3 aromatic rings. The van der Waals surface area contributed by atoms with Crippen LogP contribution >= 0.6 is 22.7 Å². The minimum absolute atomic E-state index is 1.06. The van der Waals surface area contributed by atoms with E-state index >= 15 is 0 Å². The summed E-state index contributed by atoms with van der Waals surface area (Å²) >= 11 is 3.64. The highest BCUT2D eigenvalue weighted by atomic mass is 32.1. The average molecular weight is 363 g/mol. The molecular weight excluding hydrogens is 344 g/mol. The molecule has 0 atom stereocenters. The number of benzene rings is 1. The average Bonchev–Trinajstić information content (AvgIpc) is 3.25. The van der Waals surface area contributed by atoms with Crippen LogP contribution < -0.4 is 0 Å². The second kappa shape index (κ2) is 6.04. The van der Waals surface area contributed by atoms with Gasteiger partial charge in [-0.2, -0.15) is 0 Å². The lowest BCUT2D eigenvalue weighted by molar-refractivity contribution is 0.947. The van der Waals surface area contributed by atoms with Crippen LogP contribution in [-0.2, 0) is 12.8 Å². The summed E-state index contributed by atoms with van der Waals surface area (Å²) in [5.74, 6) is 0. The van der Waals surface area contributed by atoms with Gasteiger partial charge in [0.15, 0.2) is 0 Å². The maximum absolute atomic E-state index is 4.90. The summed E-state index contributed by atoms with van der Waals surface area (Å²) in [6.07, 6.45) is 13.3. The summed E-state index contributed by atoms with van der Waals surface area (Å²) in [6.45, 7) is 2.16. The third-order valence-electron chi connectivity index (χ3n) is 4.66. The van der Waals surface area contributed by atoms with E-state index in [2.05, 4.69) is 49.4 Å². The molecule has 5 rings (SSSR count). The minimum atomic E-state index is 1.06. The van der Waals surface area contributed by atoms with Crippen LogP contribution in [0.25, 0.3) is 33.3 Å². The van der Waals surface area contributed by atoms with Gasteiger partial charge in [-0.15, -0.1) is 22.7 Å². The van der Waals surface area contributed by atoms with Gasteiger partial charge in [-0.1, -0.05) is 12.2 Å². The van der Waals surface area contributed by atoms with Crippen molar-refractivity contribution in [1.29, 1.82) is 0 Å².